The summed E-state index contributed by atoms with van der Waals surface area (Å²) in [5, 5.41) is 29.9. The van der Waals surface area contributed by atoms with E-state index in [-0.39, 0.29) is 18.9 Å². The second-order valence-corrected chi connectivity index (χ2v) is 8.56. The molecular formula is C24H22ClF3N6O2. The minimum absolute atomic E-state index is 0.0932. The Morgan fingerprint density at radius 2 is 1.83 bits per heavy atom. The van der Waals surface area contributed by atoms with Crippen LogP contribution in [0.2, 0.25) is 5.02 Å². The van der Waals surface area contributed by atoms with Gasteiger partial charge in [-0.2, -0.15) is 28.0 Å². The summed E-state index contributed by atoms with van der Waals surface area (Å²) in [4.78, 5) is 10.8. The smallest absolute Gasteiger partial charge is 0.394 e. The van der Waals surface area contributed by atoms with Crippen molar-refractivity contribution in [1.82, 2.24) is 19.6 Å². The number of alkyl halides is 3. The van der Waals surface area contributed by atoms with Crippen molar-refractivity contribution in [1.29, 1.82) is 5.26 Å². The Balaban J connectivity index is 0.000000709. The van der Waals surface area contributed by atoms with E-state index in [1.807, 2.05) is 17.0 Å². The second kappa shape index (κ2) is 10.3. The molecule has 1 aromatic carbocycles. The normalized spacial score (nSPS) is 13.7. The molecule has 5 rings (SSSR count). The highest BCUT2D eigenvalue weighted by atomic mass is 35.5. The number of rotatable bonds is 3. The highest BCUT2D eigenvalue weighted by molar-refractivity contribution is 6.31. The molecule has 0 unspecified atom stereocenters. The van der Waals surface area contributed by atoms with Crippen molar-refractivity contribution in [3.63, 3.8) is 0 Å². The number of benzene rings is 1. The number of fused-ring (bicyclic) bond motifs is 2. The van der Waals surface area contributed by atoms with Crippen molar-refractivity contribution >= 4 is 34.0 Å². The Labute approximate surface area is 209 Å². The lowest BCUT2D eigenvalue weighted by molar-refractivity contribution is -0.141. The SMILES string of the molecule is Cc1nc2c(C#N)c(C(F)(F)F)nn2c(N2CCCC2)c1-c1ccnc2cc(Cl)ccc12.OCCO. The summed E-state index contributed by atoms with van der Waals surface area (Å²) in [6.07, 6.45) is -1.31. The first-order valence-electron chi connectivity index (χ1n) is 11.1. The average Bonchev–Trinajstić information content (AvgIpc) is 3.50. The van der Waals surface area contributed by atoms with Crippen molar-refractivity contribution in [2.75, 3.05) is 31.2 Å². The number of nitriles is 1. The minimum Gasteiger partial charge on any atom is -0.394 e. The van der Waals surface area contributed by atoms with Gasteiger partial charge < -0.3 is 15.1 Å². The molecule has 0 amide bonds. The molecule has 1 saturated heterocycles. The fourth-order valence-corrected chi connectivity index (χ4v) is 4.49. The minimum atomic E-state index is -4.77. The van der Waals surface area contributed by atoms with Crippen LogP contribution < -0.4 is 4.90 Å². The van der Waals surface area contributed by atoms with E-state index in [0.717, 1.165) is 23.8 Å². The molecule has 3 aromatic heterocycles. The third-order valence-electron chi connectivity index (χ3n) is 5.78. The molecule has 188 valence electrons. The highest BCUT2D eigenvalue weighted by Gasteiger charge is 2.40. The molecule has 0 saturated carbocycles. The van der Waals surface area contributed by atoms with Crippen LogP contribution in [0.4, 0.5) is 19.0 Å². The van der Waals surface area contributed by atoms with E-state index >= 15 is 0 Å². The van der Waals surface area contributed by atoms with Crippen LogP contribution in [0.3, 0.4) is 0 Å². The fourth-order valence-electron chi connectivity index (χ4n) is 4.32. The number of hydrogen-bond acceptors (Lipinski definition) is 7. The van der Waals surface area contributed by atoms with Crippen LogP contribution in [0.5, 0.6) is 0 Å². The number of nitrogens with zero attached hydrogens (tertiary/aromatic N) is 6. The van der Waals surface area contributed by atoms with E-state index in [1.54, 1.807) is 31.3 Å². The number of anilines is 1. The zero-order valence-electron chi connectivity index (χ0n) is 19.2. The number of aliphatic hydroxyl groups excluding tert-OH is 2. The number of aryl methyl sites for hydroxylation is 1. The summed E-state index contributed by atoms with van der Waals surface area (Å²) >= 11 is 6.13. The van der Waals surface area contributed by atoms with Crippen molar-refractivity contribution < 1.29 is 23.4 Å². The quantitative estimate of drug-likeness (QED) is 0.414. The Morgan fingerprint density at radius 3 is 2.44 bits per heavy atom. The molecule has 12 heteroatoms. The fraction of sp³-hybridized carbons (Fsp3) is 0.333. The third-order valence-corrected chi connectivity index (χ3v) is 6.02. The summed E-state index contributed by atoms with van der Waals surface area (Å²) in [5.41, 5.74) is 0.708. The summed E-state index contributed by atoms with van der Waals surface area (Å²) in [6, 6.07) is 8.78. The molecule has 36 heavy (non-hydrogen) atoms. The molecule has 0 aliphatic carbocycles. The lowest BCUT2D eigenvalue weighted by Crippen LogP contribution is -2.23. The summed E-state index contributed by atoms with van der Waals surface area (Å²) in [7, 11) is 0. The van der Waals surface area contributed by atoms with Gasteiger partial charge in [0, 0.05) is 35.3 Å². The van der Waals surface area contributed by atoms with E-state index in [9.17, 15) is 18.4 Å². The maximum atomic E-state index is 13.7. The van der Waals surface area contributed by atoms with Gasteiger partial charge in [-0.1, -0.05) is 17.7 Å². The predicted octanol–water partition coefficient (Wildman–Crippen LogP) is 4.37. The molecule has 4 heterocycles. The number of aromatic nitrogens is 4. The lowest BCUT2D eigenvalue weighted by atomic mass is 10.00. The molecule has 0 spiro atoms. The largest absolute Gasteiger partial charge is 0.436 e. The van der Waals surface area contributed by atoms with Gasteiger partial charge in [-0.05, 0) is 43.5 Å². The van der Waals surface area contributed by atoms with Crippen molar-refractivity contribution in [3.8, 4) is 17.2 Å². The van der Waals surface area contributed by atoms with Gasteiger partial charge in [0.05, 0.1) is 24.4 Å². The maximum absolute atomic E-state index is 13.7. The molecule has 4 aromatic rings. The van der Waals surface area contributed by atoms with Crippen molar-refractivity contribution in [2.45, 2.75) is 25.9 Å². The first-order chi connectivity index (χ1) is 17.2. The van der Waals surface area contributed by atoms with Crippen LogP contribution in [-0.4, -0.2) is 56.1 Å². The molecule has 8 nitrogen and oxygen atoms in total. The van der Waals surface area contributed by atoms with Gasteiger partial charge in [-0.3, -0.25) is 4.98 Å². The topological polar surface area (TPSA) is 111 Å². The van der Waals surface area contributed by atoms with Gasteiger partial charge in [0.2, 0.25) is 0 Å². The molecule has 0 bridgehead atoms. The van der Waals surface area contributed by atoms with Crippen LogP contribution in [0.1, 0.15) is 29.8 Å². The summed E-state index contributed by atoms with van der Waals surface area (Å²) in [6.45, 7) is 2.82. The van der Waals surface area contributed by atoms with E-state index in [4.69, 9.17) is 21.8 Å². The van der Waals surface area contributed by atoms with Gasteiger partial charge in [-0.15, -0.1) is 0 Å². The van der Waals surface area contributed by atoms with E-state index in [1.165, 1.54) is 4.52 Å². The Morgan fingerprint density at radius 1 is 1.14 bits per heavy atom. The van der Waals surface area contributed by atoms with Crippen molar-refractivity contribution in [3.05, 3.63) is 52.4 Å². The molecule has 1 aliphatic rings. The molecule has 0 atom stereocenters. The van der Waals surface area contributed by atoms with Gasteiger partial charge in [0.15, 0.2) is 11.3 Å². The predicted molar refractivity (Wildman–Crippen MR) is 129 cm³/mol. The van der Waals surface area contributed by atoms with Crippen molar-refractivity contribution in [2.24, 2.45) is 0 Å². The zero-order valence-corrected chi connectivity index (χ0v) is 20.0. The summed E-state index contributed by atoms with van der Waals surface area (Å²) in [5.74, 6) is 0.499. The zero-order chi connectivity index (χ0) is 26.0. The molecule has 0 radical (unpaired) electrons. The van der Waals surface area contributed by atoms with E-state index < -0.39 is 17.4 Å². The van der Waals surface area contributed by atoms with Gasteiger partial charge in [0.25, 0.3) is 0 Å². The molecule has 1 aliphatic heterocycles. The maximum Gasteiger partial charge on any atom is 0.436 e. The third kappa shape index (κ3) is 4.67. The standard InChI is InChI=1S/C22H16ClF3N6.C2H6O2/c1-12-18(15-6-7-28-17-10-13(23)4-5-14(15)17)21(31-8-2-3-9-31)32-20(29-12)16(11-27)19(30-32)22(24,25)26;3-1-2-4/h4-7,10H,2-3,8-9H2,1H3;3-4H,1-2H2. The molecular weight excluding hydrogens is 497 g/mol. The van der Waals surface area contributed by atoms with E-state index in [2.05, 4.69) is 15.1 Å². The number of pyridine rings is 1. The van der Waals surface area contributed by atoms with Gasteiger partial charge in [-0.25, -0.2) is 4.98 Å². The van der Waals surface area contributed by atoms with Crippen LogP contribution in [0.25, 0.3) is 27.7 Å². The Kier molecular flexibility index (Phi) is 7.31. The number of halogens is 4. The van der Waals surface area contributed by atoms with Crippen LogP contribution in [0, 0.1) is 18.3 Å². The van der Waals surface area contributed by atoms with Crippen LogP contribution in [0.15, 0.2) is 30.5 Å². The summed E-state index contributed by atoms with van der Waals surface area (Å²) < 4.78 is 42.2. The Bertz CT molecular complexity index is 1460. The van der Waals surface area contributed by atoms with Crippen LogP contribution >= 0.6 is 11.6 Å². The van der Waals surface area contributed by atoms with Gasteiger partial charge >= 0.3 is 6.18 Å². The first kappa shape index (κ1) is 25.6. The average molecular weight is 519 g/mol. The number of aliphatic hydroxyl groups is 2. The first-order valence-corrected chi connectivity index (χ1v) is 11.5. The Hall–Kier alpha value is -3.46. The van der Waals surface area contributed by atoms with E-state index in [0.29, 0.717) is 40.7 Å². The van der Waals surface area contributed by atoms with Gasteiger partial charge in [0.1, 0.15) is 17.5 Å². The highest BCUT2D eigenvalue weighted by Crippen LogP contribution is 2.41. The molecule has 1 fully saturated rings. The second-order valence-electron chi connectivity index (χ2n) is 8.13. The number of hydrogen-bond donors (Lipinski definition) is 2. The molecule has 2 N–H and O–H groups in total. The van der Waals surface area contributed by atoms with Crippen LogP contribution in [-0.2, 0) is 6.18 Å². The lowest BCUT2D eigenvalue weighted by Gasteiger charge is -2.24. The monoisotopic (exact) mass is 518 g/mol.